The van der Waals surface area contributed by atoms with E-state index in [0.29, 0.717) is 12.6 Å². The van der Waals surface area contributed by atoms with Crippen LogP contribution in [-0.4, -0.2) is 32.7 Å². The minimum absolute atomic E-state index is 0.365. The van der Waals surface area contributed by atoms with Gasteiger partial charge in [0.05, 0.1) is 13.7 Å². The minimum atomic E-state index is 0.365. The largest absolute Gasteiger partial charge is 0.497 e. The number of benzene rings is 2. The molecule has 0 aromatic heterocycles. The number of hydrogen-bond acceptors (Lipinski definition) is 3. The van der Waals surface area contributed by atoms with Crippen LogP contribution in [0, 0.1) is 0 Å². The number of nitrogens with zero attached hydrogens (tertiary/aromatic N) is 1. The van der Waals surface area contributed by atoms with Crippen LogP contribution in [0.1, 0.15) is 18.0 Å². The van der Waals surface area contributed by atoms with Crippen molar-refractivity contribution in [1.82, 2.24) is 4.90 Å². The molecule has 0 saturated carbocycles. The van der Waals surface area contributed by atoms with Gasteiger partial charge in [0.25, 0.3) is 0 Å². The molecule has 0 aliphatic heterocycles. The van der Waals surface area contributed by atoms with Gasteiger partial charge in [0, 0.05) is 12.5 Å². The van der Waals surface area contributed by atoms with Crippen LogP contribution in [0.15, 0.2) is 54.6 Å². The van der Waals surface area contributed by atoms with Gasteiger partial charge >= 0.3 is 0 Å². The highest BCUT2D eigenvalue weighted by molar-refractivity contribution is 5.31. The lowest BCUT2D eigenvalue weighted by atomic mass is 10.0. The van der Waals surface area contributed by atoms with Gasteiger partial charge in [-0.3, -0.25) is 0 Å². The summed E-state index contributed by atoms with van der Waals surface area (Å²) in [5.74, 6) is 1.72. The molecule has 1 atom stereocenters. The lowest BCUT2D eigenvalue weighted by Gasteiger charge is -2.24. The van der Waals surface area contributed by atoms with E-state index in [4.69, 9.17) is 9.47 Å². The van der Waals surface area contributed by atoms with Crippen molar-refractivity contribution in [1.29, 1.82) is 0 Å². The van der Waals surface area contributed by atoms with Crippen molar-refractivity contribution < 1.29 is 9.47 Å². The normalized spacial score (nSPS) is 12.2. The molecule has 0 heterocycles. The Labute approximate surface area is 127 Å². The maximum absolute atomic E-state index is 5.83. The Balaban J connectivity index is 1.90. The fourth-order valence-electron chi connectivity index (χ4n) is 2.36. The summed E-state index contributed by atoms with van der Waals surface area (Å²) in [6.07, 6.45) is 0.947. The van der Waals surface area contributed by atoms with E-state index >= 15 is 0 Å². The Morgan fingerprint density at radius 3 is 2.10 bits per heavy atom. The molecule has 21 heavy (non-hydrogen) atoms. The van der Waals surface area contributed by atoms with Gasteiger partial charge in [0.2, 0.25) is 0 Å². The van der Waals surface area contributed by atoms with Gasteiger partial charge in [-0.2, -0.15) is 0 Å². The second-order valence-electron chi connectivity index (χ2n) is 5.20. The molecule has 0 spiro atoms. The second-order valence-corrected chi connectivity index (χ2v) is 5.20. The molecule has 112 valence electrons. The number of rotatable bonds is 7. The number of ether oxygens (including phenoxy) is 2. The Morgan fingerprint density at radius 2 is 1.52 bits per heavy atom. The summed E-state index contributed by atoms with van der Waals surface area (Å²) in [6.45, 7) is 0.685. The third-order valence-corrected chi connectivity index (χ3v) is 3.53. The SMILES string of the molecule is COc1ccc(OCCC(c2ccccc2)N(C)C)cc1. The van der Waals surface area contributed by atoms with Crippen LogP contribution in [0.5, 0.6) is 11.5 Å². The molecule has 0 aliphatic carbocycles. The van der Waals surface area contributed by atoms with E-state index in [2.05, 4.69) is 43.3 Å². The maximum atomic E-state index is 5.83. The van der Waals surface area contributed by atoms with Crippen molar-refractivity contribution >= 4 is 0 Å². The summed E-state index contributed by atoms with van der Waals surface area (Å²) >= 11 is 0. The molecular weight excluding hydrogens is 262 g/mol. The van der Waals surface area contributed by atoms with Crippen LogP contribution < -0.4 is 9.47 Å². The molecule has 3 nitrogen and oxygen atoms in total. The van der Waals surface area contributed by atoms with E-state index in [1.165, 1.54) is 5.56 Å². The first-order chi connectivity index (χ1) is 10.2. The van der Waals surface area contributed by atoms with E-state index in [1.807, 2.05) is 30.3 Å². The third kappa shape index (κ3) is 4.50. The van der Waals surface area contributed by atoms with Crippen LogP contribution in [0.25, 0.3) is 0 Å². The maximum Gasteiger partial charge on any atom is 0.119 e. The molecule has 0 aliphatic rings. The highest BCUT2D eigenvalue weighted by Crippen LogP contribution is 2.23. The van der Waals surface area contributed by atoms with Crippen LogP contribution >= 0.6 is 0 Å². The topological polar surface area (TPSA) is 21.7 Å². The lowest BCUT2D eigenvalue weighted by Crippen LogP contribution is -2.22. The zero-order chi connectivity index (χ0) is 15.1. The van der Waals surface area contributed by atoms with E-state index in [9.17, 15) is 0 Å². The van der Waals surface area contributed by atoms with Crippen molar-refractivity contribution in [3.05, 3.63) is 60.2 Å². The minimum Gasteiger partial charge on any atom is -0.497 e. The highest BCUT2D eigenvalue weighted by Gasteiger charge is 2.13. The summed E-state index contributed by atoms with van der Waals surface area (Å²) in [5.41, 5.74) is 1.32. The Morgan fingerprint density at radius 1 is 0.905 bits per heavy atom. The molecule has 2 aromatic rings. The lowest BCUT2D eigenvalue weighted by molar-refractivity contribution is 0.223. The van der Waals surface area contributed by atoms with E-state index < -0.39 is 0 Å². The van der Waals surface area contributed by atoms with Gasteiger partial charge in [-0.1, -0.05) is 30.3 Å². The van der Waals surface area contributed by atoms with Crippen LogP contribution in [0.2, 0.25) is 0 Å². The average Bonchev–Trinajstić information content (AvgIpc) is 2.52. The predicted molar refractivity (Wildman–Crippen MR) is 86.0 cm³/mol. The molecule has 2 rings (SSSR count). The van der Waals surface area contributed by atoms with E-state index in [-0.39, 0.29) is 0 Å². The first-order valence-electron chi connectivity index (χ1n) is 7.19. The molecule has 2 aromatic carbocycles. The molecule has 0 saturated heterocycles. The molecule has 0 radical (unpaired) electrons. The average molecular weight is 285 g/mol. The predicted octanol–water partition coefficient (Wildman–Crippen LogP) is 3.77. The summed E-state index contributed by atoms with van der Waals surface area (Å²) in [7, 11) is 5.87. The van der Waals surface area contributed by atoms with Gasteiger partial charge in [-0.15, -0.1) is 0 Å². The molecule has 0 fully saturated rings. The van der Waals surface area contributed by atoms with Gasteiger partial charge in [0.1, 0.15) is 11.5 Å². The monoisotopic (exact) mass is 285 g/mol. The van der Waals surface area contributed by atoms with Crippen molar-refractivity contribution in [3.63, 3.8) is 0 Å². The van der Waals surface area contributed by atoms with Gasteiger partial charge in [0.15, 0.2) is 0 Å². The Kier molecular flexibility index (Phi) is 5.64. The van der Waals surface area contributed by atoms with E-state index in [0.717, 1.165) is 17.9 Å². The summed E-state index contributed by atoms with van der Waals surface area (Å²) in [6, 6.07) is 18.6. The molecule has 1 unspecified atom stereocenters. The molecule has 0 amide bonds. The fourth-order valence-corrected chi connectivity index (χ4v) is 2.36. The summed E-state index contributed by atoms with van der Waals surface area (Å²) < 4.78 is 11.0. The van der Waals surface area contributed by atoms with Crippen molar-refractivity contribution in [2.75, 3.05) is 27.8 Å². The van der Waals surface area contributed by atoms with Gasteiger partial charge in [-0.25, -0.2) is 0 Å². The Hall–Kier alpha value is -2.00. The Bertz CT molecular complexity index is 523. The highest BCUT2D eigenvalue weighted by atomic mass is 16.5. The zero-order valence-electron chi connectivity index (χ0n) is 13.0. The zero-order valence-corrected chi connectivity index (χ0v) is 13.0. The van der Waals surface area contributed by atoms with E-state index in [1.54, 1.807) is 7.11 Å². The molecule has 0 bridgehead atoms. The summed E-state index contributed by atoms with van der Waals surface area (Å²) in [5, 5.41) is 0. The van der Waals surface area contributed by atoms with Crippen LogP contribution in [0.4, 0.5) is 0 Å². The number of methoxy groups -OCH3 is 1. The standard InChI is InChI=1S/C18H23NO2/c1-19(2)18(15-7-5-4-6-8-15)13-14-21-17-11-9-16(20-3)10-12-17/h4-12,18H,13-14H2,1-3H3. The smallest absolute Gasteiger partial charge is 0.119 e. The van der Waals surface area contributed by atoms with Crippen LogP contribution in [-0.2, 0) is 0 Å². The van der Waals surface area contributed by atoms with Crippen molar-refractivity contribution in [3.8, 4) is 11.5 Å². The first kappa shape index (κ1) is 15.4. The molecular formula is C18H23NO2. The summed E-state index contributed by atoms with van der Waals surface area (Å²) in [4.78, 5) is 2.23. The fraction of sp³-hybridized carbons (Fsp3) is 0.333. The quantitative estimate of drug-likeness (QED) is 0.773. The first-order valence-corrected chi connectivity index (χ1v) is 7.19. The number of hydrogen-bond donors (Lipinski definition) is 0. The van der Waals surface area contributed by atoms with Gasteiger partial charge < -0.3 is 14.4 Å². The van der Waals surface area contributed by atoms with Crippen LogP contribution in [0.3, 0.4) is 0 Å². The molecule has 0 N–H and O–H groups in total. The third-order valence-electron chi connectivity index (χ3n) is 3.53. The van der Waals surface area contributed by atoms with Crippen molar-refractivity contribution in [2.24, 2.45) is 0 Å². The van der Waals surface area contributed by atoms with Crippen molar-refractivity contribution in [2.45, 2.75) is 12.5 Å². The van der Waals surface area contributed by atoms with Gasteiger partial charge in [-0.05, 0) is 43.9 Å². The second kappa shape index (κ2) is 7.70. The molecule has 3 heteroatoms.